The van der Waals surface area contributed by atoms with Gasteiger partial charge in [0.25, 0.3) is 0 Å². The Kier molecular flexibility index (Phi) is 5.28. The lowest BCUT2D eigenvalue weighted by Crippen LogP contribution is -2.09. The second-order valence-corrected chi connectivity index (χ2v) is 5.54. The standard InChI is InChI=1S/C16H22O3/c1-12-6-5-7-13(15(18)19-4)8-10-16(2,3)11-9-14(12)17/h6,8-9,11H,5,7,10H2,1-4H3. The summed E-state index contributed by atoms with van der Waals surface area (Å²) in [6, 6.07) is 0. The first kappa shape index (κ1) is 15.4. The van der Waals surface area contributed by atoms with Crippen LogP contribution in [0.15, 0.2) is 35.5 Å². The van der Waals surface area contributed by atoms with Crippen molar-refractivity contribution in [2.24, 2.45) is 5.41 Å². The third-order valence-corrected chi connectivity index (χ3v) is 3.26. The second kappa shape index (κ2) is 6.50. The molecule has 0 aliphatic heterocycles. The van der Waals surface area contributed by atoms with E-state index in [1.807, 2.05) is 32.1 Å². The maximum Gasteiger partial charge on any atom is 0.333 e. The molecule has 0 heterocycles. The lowest BCUT2D eigenvalue weighted by Gasteiger charge is -2.18. The summed E-state index contributed by atoms with van der Waals surface area (Å²) in [4.78, 5) is 23.5. The van der Waals surface area contributed by atoms with Crippen LogP contribution in [0.1, 0.15) is 40.0 Å². The van der Waals surface area contributed by atoms with Crippen LogP contribution in [-0.4, -0.2) is 18.9 Å². The normalized spacial score (nSPS) is 20.1. The Labute approximate surface area is 115 Å². The van der Waals surface area contributed by atoms with Gasteiger partial charge in [0.05, 0.1) is 7.11 Å². The van der Waals surface area contributed by atoms with Gasteiger partial charge in [0.15, 0.2) is 5.78 Å². The molecule has 1 aliphatic carbocycles. The molecule has 0 saturated carbocycles. The molecule has 3 nitrogen and oxygen atoms in total. The molecule has 1 rings (SSSR count). The molecule has 3 heteroatoms. The third kappa shape index (κ3) is 4.86. The van der Waals surface area contributed by atoms with E-state index in [-0.39, 0.29) is 17.2 Å². The molecule has 0 spiro atoms. The second-order valence-electron chi connectivity index (χ2n) is 5.54. The van der Waals surface area contributed by atoms with Crippen molar-refractivity contribution in [3.05, 3.63) is 35.5 Å². The van der Waals surface area contributed by atoms with E-state index in [4.69, 9.17) is 4.74 Å². The molecule has 0 unspecified atom stereocenters. The number of allylic oxidation sites excluding steroid dienone is 5. The fourth-order valence-electron chi connectivity index (χ4n) is 1.85. The van der Waals surface area contributed by atoms with Crippen LogP contribution in [0.5, 0.6) is 0 Å². The predicted molar refractivity (Wildman–Crippen MR) is 75.6 cm³/mol. The minimum Gasteiger partial charge on any atom is -0.466 e. The number of hydrogen-bond donors (Lipinski definition) is 0. The molecule has 0 aromatic heterocycles. The van der Waals surface area contributed by atoms with Crippen molar-refractivity contribution in [2.45, 2.75) is 40.0 Å². The molecule has 19 heavy (non-hydrogen) atoms. The van der Waals surface area contributed by atoms with E-state index in [0.717, 1.165) is 5.57 Å². The van der Waals surface area contributed by atoms with Crippen molar-refractivity contribution in [2.75, 3.05) is 7.11 Å². The minimum atomic E-state index is -0.281. The third-order valence-electron chi connectivity index (χ3n) is 3.26. The van der Waals surface area contributed by atoms with E-state index in [2.05, 4.69) is 0 Å². The minimum absolute atomic E-state index is 0.0367. The van der Waals surface area contributed by atoms with Gasteiger partial charge in [-0.05, 0) is 43.3 Å². The summed E-state index contributed by atoms with van der Waals surface area (Å²) in [6.45, 7) is 5.89. The van der Waals surface area contributed by atoms with Gasteiger partial charge in [-0.2, -0.15) is 0 Å². The summed E-state index contributed by atoms with van der Waals surface area (Å²) >= 11 is 0. The summed E-state index contributed by atoms with van der Waals surface area (Å²) in [7, 11) is 1.39. The number of ketones is 1. The van der Waals surface area contributed by atoms with Crippen molar-refractivity contribution < 1.29 is 14.3 Å². The van der Waals surface area contributed by atoms with E-state index in [1.54, 1.807) is 13.0 Å². The number of esters is 1. The highest BCUT2D eigenvalue weighted by molar-refractivity contribution is 6.03. The molecule has 0 saturated heterocycles. The Bertz CT molecular complexity index is 451. The highest BCUT2D eigenvalue weighted by Crippen LogP contribution is 2.25. The Hall–Kier alpha value is -1.64. The van der Waals surface area contributed by atoms with E-state index >= 15 is 0 Å². The number of carbonyl (C=O) groups excluding carboxylic acids is 2. The molecule has 0 aromatic rings. The number of rotatable bonds is 1. The van der Waals surface area contributed by atoms with Crippen LogP contribution in [0, 0.1) is 5.41 Å². The zero-order valence-electron chi connectivity index (χ0n) is 12.2. The van der Waals surface area contributed by atoms with Crippen molar-refractivity contribution in [1.82, 2.24) is 0 Å². The quantitative estimate of drug-likeness (QED) is 0.680. The van der Waals surface area contributed by atoms with Crippen LogP contribution in [0.2, 0.25) is 0 Å². The monoisotopic (exact) mass is 262 g/mol. The van der Waals surface area contributed by atoms with Gasteiger partial charge < -0.3 is 4.74 Å². The highest BCUT2D eigenvalue weighted by Gasteiger charge is 2.17. The maximum absolute atomic E-state index is 11.8. The first-order valence-electron chi connectivity index (χ1n) is 6.53. The van der Waals surface area contributed by atoms with Crippen molar-refractivity contribution in [3.8, 4) is 0 Å². The Morgan fingerprint density at radius 3 is 2.63 bits per heavy atom. The topological polar surface area (TPSA) is 43.4 Å². The van der Waals surface area contributed by atoms with Crippen molar-refractivity contribution in [3.63, 3.8) is 0 Å². The molecule has 1 aliphatic rings. The average Bonchev–Trinajstić information content (AvgIpc) is 2.39. The van der Waals surface area contributed by atoms with Gasteiger partial charge in [-0.1, -0.05) is 32.1 Å². The van der Waals surface area contributed by atoms with E-state index in [0.29, 0.717) is 24.8 Å². The van der Waals surface area contributed by atoms with Gasteiger partial charge in [-0.3, -0.25) is 4.79 Å². The Morgan fingerprint density at radius 1 is 1.32 bits per heavy atom. The summed E-state index contributed by atoms with van der Waals surface area (Å²) in [6.07, 6.45) is 9.32. The molecular weight excluding hydrogens is 240 g/mol. The number of methoxy groups -OCH3 is 1. The first-order chi connectivity index (χ1) is 8.85. The maximum atomic E-state index is 11.8. The van der Waals surface area contributed by atoms with Crippen LogP contribution >= 0.6 is 0 Å². The molecular formula is C16H22O3. The van der Waals surface area contributed by atoms with E-state index < -0.39 is 0 Å². The molecule has 0 N–H and O–H groups in total. The highest BCUT2D eigenvalue weighted by atomic mass is 16.5. The van der Waals surface area contributed by atoms with Crippen LogP contribution in [0.3, 0.4) is 0 Å². The molecule has 0 bridgehead atoms. The molecule has 0 fully saturated rings. The predicted octanol–water partition coefficient (Wildman–Crippen LogP) is 3.37. The van der Waals surface area contributed by atoms with Crippen LogP contribution < -0.4 is 0 Å². The molecule has 104 valence electrons. The van der Waals surface area contributed by atoms with Crippen molar-refractivity contribution >= 4 is 11.8 Å². The van der Waals surface area contributed by atoms with Gasteiger partial charge in [0.2, 0.25) is 0 Å². The first-order valence-corrected chi connectivity index (χ1v) is 6.53. The molecule has 0 amide bonds. The average molecular weight is 262 g/mol. The fraction of sp³-hybridized carbons (Fsp3) is 0.500. The zero-order valence-corrected chi connectivity index (χ0v) is 12.2. The van der Waals surface area contributed by atoms with Crippen LogP contribution in [0.25, 0.3) is 0 Å². The number of ether oxygens (including phenoxy) is 1. The lowest BCUT2D eigenvalue weighted by molar-refractivity contribution is -0.136. The Balaban J connectivity index is 3.05. The smallest absolute Gasteiger partial charge is 0.333 e. The number of carbonyl (C=O) groups is 2. The van der Waals surface area contributed by atoms with E-state index in [1.165, 1.54) is 7.11 Å². The largest absolute Gasteiger partial charge is 0.466 e. The van der Waals surface area contributed by atoms with Gasteiger partial charge in [0, 0.05) is 5.57 Å². The zero-order chi connectivity index (χ0) is 14.5. The van der Waals surface area contributed by atoms with Crippen LogP contribution in [0.4, 0.5) is 0 Å². The SMILES string of the molecule is COC(=O)C1=CCC(C)(C)C=CC(=O)C(C)=CCC1. The molecule has 0 atom stereocenters. The van der Waals surface area contributed by atoms with E-state index in [9.17, 15) is 9.59 Å². The summed E-state index contributed by atoms with van der Waals surface area (Å²) < 4.78 is 4.79. The molecule has 0 radical (unpaired) electrons. The van der Waals surface area contributed by atoms with Gasteiger partial charge in [-0.15, -0.1) is 0 Å². The Morgan fingerprint density at radius 2 is 2.00 bits per heavy atom. The van der Waals surface area contributed by atoms with Gasteiger partial charge in [0.1, 0.15) is 0 Å². The van der Waals surface area contributed by atoms with Gasteiger partial charge >= 0.3 is 5.97 Å². The molecule has 0 aromatic carbocycles. The number of hydrogen-bond acceptors (Lipinski definition) is 3. The summed E-state index contributed by atoms with van der Waals surface area (Å²) in [5, 5.41) is 0. The summed E-state index contributed by atoms with van der Waals surface area (Å²) in [5.41, 5.74) is 1.25. The fourth-order valence-corrected chi connectivity index (χ4v) is 1.85. The van der Waals surface area contributed by atoms with Crippen molar-refractivity contribution in [1.29, 1.82) is 0 Å². The lowest BCUT2D eigenvalue weighted by atomic mass is 9.87. The summed E-state index contributed by atoms with van der Waals surface area (Å²) in [5.74, 6) is -0.244. The van der Waals surface area contributed by atoms with Gasteiger partial charge in [-0.25, -0.2) is 4.79 Å². The van der Waals surface area contributed by atoms with Crippen LogP contribution in [-0.2, 0) is 14.3 Å².